The number of para-hydroxylation sites is 1. The lowest BCUT2D eigenvalue weighted by molar-refractivity contribution is -0.147. The maximum atomic E-state index is 12.6. The zero-order valence-electron chi connectivity index (χ0n) is 16.6. The van der Waals surface area contributed by atoms with Crippen molar-refractivity contribution in [3.8, 4) is 5.75 Å². The standard InChI is InChI=1S/C22H24N2O4S/c1-14(2)16-7-3-5-9-18(16)27-13-21(26)28-12-15-11-20(25)24-17-8-4-6-10-19(17)29-22(24)23-15/h3,5,7,9,11,14H,4,6,8,10,12-13H2,1-2H3. The van der Waals surface area contributed by atoms with E-state index in [1.54, 1.807) is 15.7 Å². The lowest BCUT2D eigenvalue weighted by Gasteiger charge is -2.13. The average Bonchev–Trinajstić information content (AvgIpc) is 3.09. The van der Waals surface area contributed by atoms with Gasteiger partial charge in [-0.2, -0.15) is 0 Å². The molecule has 0 radical (unpaired) electrons. The fraction of sp³-hybridized carbons (Fsp3) is 0.409. The van der Waals surface area contributed by atoms with Gasteiger partial charge in [0.05, 0.1) is 5.69 Å². The zero-order chi connectivity index (χ0) is 20.4. The molecule has 0 amide bonds. The Balaban J connectivity index is 1.41. The molecule has 0 fully saturated rings. The highest BCUT2D eigenvalue weighted by Gasteiger charge is 2.19. The van der Waals surface area contributed by atoms with Crippen molar-refractivity contribution in [1.82, 2.24) is 9.38 Å². The Bertz CT molecular complexity index is 1100. The third kappa shape index (κ3) is 4.19. The Labute approximate surface area is 173 Å². The summed E-state index contributed by atoms with van der Waals surface area (Å²) in [6, 6.07) is 9.11. The first-order valence-electron chi connectivity index (χ1n) is 9.93. The predicted octanol–water partition coefficient (Wildman–Crippen LogP) is 3.88. The minimum absolute atomic E-state index is 0.0394. The summed E-state index contributed by atoms with van der Waals surface area (Å²) in [6.45, 7) is 3.92. The van der Waals surface area contributed by atoms with Gasteiger partial charge < -0.3 is 9.47 Å². The number of fused-ring (bicyclic) bond motifs is 3. The smallest absolute Gasteiger partial charge is 0.344 e. The molecule has 1 aliphatic carbocycles. The third-order valence-electron chi connectivity index (χ3n) is 5.08. The Morgan fingerprint density at radius 2 is 2.03 bits per heavy atom. The molecule has 29 heavy (non-hydrogen) atoms. The summed E-state index contributed by atoms with van der Waals surface area (Å²) in [5.41, 5.74) is 2.49. The highest BCUT2D eigenvalue weighted by atomic mass is 32.1. The van der Waals surface area contributed by atoms with Gasteiger partial charge in [0.15, 0.2) is 11.6 Å². The Morgan fingerprint density at radius 1 is 1.24 bits per heavy atom. The lowest BCUT2D eigenvalue weighted by atomic mass is 10.0. The summed E-state index contributed by atoms with van der Waals surface area (Å²) in [5.74, 6) is 0.486. The van der Waals surface area contributed by atoms with E-state index in [9.17, 15) is 9.59 Å². The highest BCUT2D eigenvalue weighted by molar-refractivity contribution is 7.17. The lowest BCUT2D eigenvalue weighted by Crippen LogP contribution is -2.20. The van der Waals surface area contributed by atoms with Crippen LogP contribution in [0.4, 0.5) is 0 Å². The summed E-state index contributed by atoms with van der Waals surface area (Å²) in [7, 11) is 0. The van der Waals surface area contributed by atoms with Gasteiger partial charge in [-0.15, -0.1) is 11.3 Å². The number of rotatable bonds is 6. The van der Waals surface area contributed by atoms with Gasteiger partial charge in [-0.05, 0) is 43.2 Å². The van der Waals surface area contributed by atoms with Crippen LogP contribution in [-0.4, -0.2) is 22.0 Å². The fourth-order valence-electron chi connectivity index (χ4n) is 3.64. The monoisotopic (exact) mass is 412 g/mol. The number of hydrogen-bond donors (Lipinski definition) is 0. The minimum atomic E-state index is -0.490. The highest BCUT2D eigenvalue weighted by Crippen LogP contribution is 2.28. The van der Waals surface area contributed by atoms with Crippen LogP contribution in [0, 0.1) is 0 Å². The van der Waals surface area contributed by atoms with Crippen LogP contribution in [0.15, 0.2) is 35.1 Å². The van der Waals surface area contributed by atoms with Gasteiger partial charge in [-0.3, -0.25) is 9.20 Å². The molecular formula is C22H24N2O4S. The first kappa shape index (κ1) is 19.6. The zero-order valence-corrected chi connectivity index (χ0v) is 17.5. The Hall–Kier alpha value is -2.67. The average molecular weight is 413 g/mol. The van der Waals surface area contributed by atoms with Crippen molar-refractivity contribution in [3.63, 3.8) is 0 Å². The molecule has 0 atom stereocenters. The van der Waals surface area contributed by atoms with Crippen molar-refractivity contribution in [2.45, 2.75) is 52.1 Å². The van der Waals surface area contributed by atoms with E-state index in [4.69, 9.17) is 9.47 Å². The number of aromatic nitrogens is 2. The van der Waals surface area contributed by atoms with E-state index in [0.717, 1.165) is 36.9 Å². The van der Waals surface area contributed by atoms with E-state index in [0.29, 0.717) is 22.3 Å². The van der Waals surface area contributed by atoms with Crippen molar-refractivity contribution < 1.29 is 14.3 Å². The molecule has 2 aromatic heterocycles. The van der Waals surface area contributed by atoms with Gasteiger partial charge >= 0.3 is 5.97 Å². The SMILES string of the molecule is CC(C)c1ccccc1OCC(=O)OCc1cc(=O)n2c3c(sc2n1)CCCC3. The number of nitrogens with zero attached hydrogens (tertiary/aromatic N) is 2. The number of benzene rings is 1. The molecule has 152 valence electrons. The number of hydrogen-bond acceptors (Lipinski definition) is 6. The predicted molar refractivity (Wildman–Crippen MR) is 112 cm³/mol. The van der Waals surface area contributed by atoms with Gasteiger partial charge in [-0.1, -0.05) is 32.0 Å². The molecule has 6 nitrogen and oxygen atoms in total. The summed E-state index contributed by atoms with van der Waals surface area (Å²) >= 11 is 1.56. The van der Waals surface area contributed by atoms with Crippen LogP contribution < -0.4 is 10.3 Å². The van der Waals surface area contributed by atoms with Crippen LogP contribution in [-0.2, 0) is 29.0 Å². The van der Waals surface area contributed by atoms with Crippen LogP contribution in [0.25, 0.3) is 4.96 Å². The molecule has 4 rings (SSSR count). The van der Waals surface area contributed by atoms with Gasteiger partial charge in [-0.25, -0.2) is 9.78 Å². The quantitative estimate of drug-likeness (QED) is 0.575. The second-order valence-electron chi connectivity index (χ2n) is 7.52. The first-order valence-corrected chi connectivity index (χ1v) is 10.7. The molecule has 1 aliphatic rings. The molecular weight excluding hydrogens is 388 g/mol. The number of carbonyl (C=O) groups is 1. The van der Waals surface area contributed by atoms with Crippen molar-refractivity contribution in [2.75, 3.05) is 6.61 Å². The minimum Gasteiger partial charge on any atom is -0.482 e. The largest absolute Gasteiger partial charge is 0.482 e. The first-order chi connectivity index (χ1) is 14.0. The molecule has 0 saturated carbocycles. The maximum Gasteiger partial charge on any atom is 0.344 e. The van der Waals surface area contributed by atoms with E-state index in [1.807, 2.05) is 24.3 Å². The number of thiazole rings is 1. The molecule has 0 saturated heterocycles. The molecule has 0 bridgehead atoms. The van der Waals surface area contributed by atoms with E-state index >= 15 is 0 Å². The number of aryl methyl sites for hydroxylation is 2. The number of esters is 1. The molecule has 0 aliphatic heterocycles. The van der Waals surface area contributed by atoms with E-state index < -0.39 is 5.97 Å². The van der Waals surface area contributed by atoms with Crippen molar-refractivity contribution in [2.24, 2.45) is 0 Å². The Morgan fingerprint density at radius 3 is 2.86 bits per heavy atom. The van der Waals surface area contributed by atoms with Crippen LogP contribution in [0.3, 0.4) is 0 Å². The van der Waals surface area contributed by atoms with E-state index in [-0.39, 0.29) is 18.8 Å². The third-order valence-corrected chi connectivity index (χ3v) is 6.22. The van der Waals surface area contributed by atoms with Crippen molar-refractivity contribution in [3.05, 3.63) is 62.5 Å². The molecule has 1 aromatic carbocycles. The van der Waals surface area contributed by atoms with Crippen LogP contribution in [0.1, 0.15) is 54.4 Å². The molecule has 2 heterocycles. The van der Waals surface area contributed by atoms with E-state index in [1.165, 1.54) is 10.9 Å². The van der Waals surface area contributed by atoms with Gasteiger partial charge in [0.1, 0.15) is 12.4 Å². The summed E-state index contributed by atoms with van der Waals surface area (Å²) in [5, 5.41) is 0. The Kier molecular flexibility index (Phi) is 5.67. The topological polar surface area (TPSA) is 69.9 Å². The summed E-state index contributed by atoms with van der Waals surface area (Å²) in [6.07, 6.45) is 4.17. The number of ether oxygens (including phenoxy) is 2. The molecule has 0 N–H and O–H groups in total. The maximum absolute atomic E-state index is 12.6. The van der Waals surface area contributed by atoms with Gasteiger partial charge in [0.25, 0.3) is 5.56 Å². The second-order valence-corrected chi connectivity index (χ2v) is 8.59. The van der Waals surface area contributed by atoms with E-state index in [2.05, 4.69) is 18.8 Å². The van der Waals surface area contributed by atoms with Crippen molar-refractivity contribution >= 4 is 22.3 Å². The second kappa shape index (κ2) is 8.37. The summed E-state index contributed by atoms with van der Waals surface area (Å²) < 4.78 is 12.6. The normalized spacial score (nSPS) is 13.5. The number of carbonyl (C=O) groups excluding carboxylic acids is 1. The molecule has 7 heteroatoms. The molecule has 0 spiro atoms. The fourth-order valence-corrected chi connectivity index (χ4v) is 4.87. The van der Waals surface area contributed by atoms with Crippen LogP contribution in [0.2, 0.25) is 0 Å². The molecule has 3 aromatic rings. The molecule has 0 unspecified atom stereocenters. The van der Waals surface area contributed by atoms with Crippen LogP contribution >= 0.6 is 11.3 Å². The van der Waals surface area contributed by atoms with Gasteiger partial charge in [0.2, 0.25) is 0 Å². The van der Waals surface area contributed by atoms with Gasteiger partial charge in [0, 0.05) is 16.6 Å². The summed E-state index contributed by atoms with van der Waals surface area (Å²) in [4.78, 5) is 31.1. The van der Waals surface area contributed by atoms with Crippen molar-refractivity contribution in [1.29, 1.82) is 0 Å². The van der Waals surface area contributed by atoms with Crippen LogP contribution in [0.5, 0.6) is 5.75 Å².